The van der Waals surface area contributed by atoms with Crippen molar-refractivity contribution in [1.29, 1.82) is 0 Å². The van der Waals surface area contributed by atoms with E-state index in [1.807, 2.05) is 60.7 Å². The average Bonchev–Trinajstić information content (AvgIpc) is 2.87. The Morgan fingerprint density at radius 2 is 1.76 bits per heavy atom. The Balaban J connectivity index is 1.31. The van der Waals surface area contributed by atoms with Gasteiger partial charge in [0.15, 0.2) is 0 Å². The van der Waals surface area contributed by atoms with Crippen LogP contribution in [-0.4, -0.2) is 29.9 Å². The maximum atomic E-state index is 12.7. The fourth-order valence-corrected chi connectivity index (χ4v) is 4.94. The van der Waals surface area contributed by atoms with E-state index in [1.54, 1.807) is 18.0 Å². The molecule has 0 saturated carbocycles. The minimum absolute atomic E-state index is 0.0734. The molecule has 34 heavy (non-hydrogen) atoms. The van der Waals surface area contributed by atoms with Gasteiger partial charge in [0.1, 0.15) is 5.82 Å². The van der Waals surface area contributed by atoms with Gasteiger partial charge in [-0.3, -0.25) is 9.59 Å². The van der Waals surface area contributed by atoms with Crippen LogP contribution in [0.2, 0.25) is 5.02 Å². The molecule has 1 aliphatic rings. The van der Waals surface area contributed by atoms with Crippen LogP contribution in [0, 0.1) is 5.92 Å². The van der Waals surface area contributed by atoms with Crippen LogP contribution in [0.5, 0.6) is 0 Å². The van der Waals surface area contributed by atoms with Gasteiger partial charge in [-0.05, 0) is 60.9 Å². The molecule has 1 fully saturated rings. The van der Waals surface area contributed by atoms with Gasteiger partial charge in [-0.25, -0.2) is 4.98 Å². The number of rotatable bonds is 8. The van der Waals surface area contributed by atoms with Crippen LogP contribution in [0.1, 0.15) is 34.3 Å². The smallest absolute Gasteiger partial charge is 0.251 e. The quantitative estimate of drug-likeness (QED) is 0.445. The highest BCUT2D eigenvalue weighted by Crippen LogP contribution is 2.26. The molecule has 4 rings (SSSR count). The van der Waals surface area contributed by atoms with E-state index in [0.717, 1.165) is 58.5 Å². The summed E-state index contributed by atoms with van der Waals surface area (Å²) in [5.41, 5.74) is 8.16. The van der Waals surface area contributed by atoms with Gasteiger partial charge in [0.2, 0.25) is 5.91 Å². The molecule has 2 heterocycles. The summed E-state index contributed by atoms with van der Waals surface area (Å²) in [5, 5.41) is 3.73. The summed E-state index contributed by atoms with van der Waals surface area (Å²) in [7, 11) is 0. The second-order valence-electron chi connectivity index (χ2n) is 8.27. The van der Waals surface area contributed by atoms with Crippen molar-refractivity contribution in [2.45, 2.75) is 30.0 Å². The maximum Gasteiger partial charge on any atom is 0.251 e. The van der Waals surface area contributed by atoms with E-state index in [0.29, 0.717) is 12.1 Å². The fourth-order valence-electron chi connectivity index (χ4n) is 3.96. The standard InChI is InChI=1S/C26H27ClN4O2S/c27-22-7-9-23(10-8-22)34-17-18-3-5-20(6-4-18)26(33)30-16-21-2-1-13-29-25(21)31-14-11-19(12-15-31)24(28)32/h1-10,13,19H,11-12,14-17H2,(H2,28,32)(H,30,33). The van der Waals surface area contributed by atoms with E-state index >= 15 is 0 Å². The van der Waals surface area contributed by atoms with Crippen molar-refractivity contribution >= 4 is 41.0 Å². The minimum Gasteiger partial charge on any atom is -0.369 e. The predicted molar refractivity (Wildman–Crippen MR) is 137 cm³/mol. The highest BCUT2D eigenvalue weighted by atomic mass is 35.5. The molecular formula is C26H27ClN4O2S. The van der Waals surface area contributed by atoms with Crippen molar-refractivity contribution in [3.05, 3.63) is 88.6 Å². The fraction of sp³-hybridized carbons (Fsp3) is 0.269. The molecule has 1 aromatic heterocycles. The monoisotopic (exact) mass is 494 g/mol. The summed E-state index contributed by atoms with van der Waals surface area (Å²) >= 11 is 7.66. The second kappa shape index (κ2) is 11.4. The third-order valence-corrected chi connectivity index (χ3v) is 7.27. The van der Waals surface area contributed by atoms with Crippen molar-refractivity contribution in [3.8, 4) is 0 Å². The molecule has 6 nitrogen and oxygen atoms in total. The third kappa shape index (κ3) is 6.30. The summed E-state index contributed by atoms with van der Waals surface area (Å²) in [6.07, 6.45) is 3.20. The number of hydrogen-bond donors (Lipinski definition) is 2. The predicted octanol–water partition coefficient (Wildman–Crippen LogP) is 4.66. The van der Waals surface area contributed by atoms with Crippen LogP contribution in [-0.2, 0) is 17.1 Å². The molecule has 1 saturated heterocycles. The lowest BCUT2D eigenvalue weighted by molar-refractivity contribution is -0.122. The molecule has 3 N–H and O–H groups in total. The van der Waals surface area contributed by atoms with Crippen LogP contribution < -0.4 is 16.0 Å². The first-order valence-electron chi connectivity index (χ1n) is 11.2. The lowest BCUT2D eigenvalue weighted by atomic mass is 9.96. The number of aromatic nitrogens is 1. The summed E-state index contributed by atoms with van der Waals surface area (Å²) in [5.74, 6) is 1.23. The molecule has 0 radical (unpaired) electrons. The Hall–Kier alpha value is -3.03. The SMILES string of the molecule is NC(=O)C1CCN(c2ncccc2CNC(=O)c2ccc(CSc3ccc(Cl)cc3)cc2)CC1. The van der Waals surface area contributed by atoms with Gasteiger partial charge >= 0.3 is 0 Å². The van der Waals surface area contributed by atoms with E-state index in [2.05, 4.69) is 15.2 Å². The minimum atomic E-state index is -0.234. The lowest BCUT2D eigenvalue weighted by Gasteiger charge is -2.32. The Morgan fingerprint density at radius 1 is 1.06 bits per heavy atom. The Kier molecular flexibility index (Phi) is 8.08. The van der Waals surface area contributed by atoms with Crippen molar-refractivity contribution in [1.82, 2.24) is 10.3 Å². The molecule has 0 spiro atoms. The van der Waals surface area contributed by atoms with Crippen LogP contribution >= 0.6 is 23.4 Å². The van der Waals surface area contributed by atoms with Gasteiger partial charge in [-0.2, -0.15) is 0 Å². The van der Waals surface area contributed by atoms with Gasteiger partial charge in [-0.1, -0.05) is 29.8 Å². The van der Waals surface area contributed by atoms with Crippen molar-refractivity contribution < 1.29 is 9.59 Å². The number of hydrogen-bond acceptors (Lipinski definition) is 5. The number of nitrogens with two attached hydrogens (primary N) is 1. The Labute approximate surface area is 208 Å². The van der Waals surface area contributed by atoms with Gasteiger partial charge < -0.3 is 16.0 Å². The maximum absolute atomic E-state index is 12.7. The van der Waals surface area contributed by atoms with E-state index in [-0.39, 0.29) is 17.7 Å². The zero-order valence-corrected chi connectivity index (χ0v) is 20.3. The number of halogens is 1. The number of nitrogens with one attached hydrogen (secondary N) is 1. The summed E-state index contributed by atoms with van der Waals surface area (Å²) < 4.78 is 0. The molecule has 0 atom stereocenters. The Bertz CT molecular complexity index is 1130. The normalized spacial score (nSPS) is 14.1. The largest absolute Gasteiger partial charge is 0.369 e. The highest BCUT2D eigenvalue weighted by molar-refractivity contribution is 7.98. The molecule has 176 valence electrons. The molecule has 1 aliphatic heterocycles. The van der Waals surface area contributed by atoms with Gasteiger partial charge in [0, 0.05) is 58.5 Å². The molecule has 0 unspecified atom stereocenters. The van der Waals surface area contributed by atoms with Crippen molar-refractivity contribution in [2.75, 3.05) is 18.0 Å². The second-order valence-corrected chi connectivity index (χ2v) is 9.76. The van der Waals surface area contributed by atoms with E-state index in [1.165, 1.54) is 0 Å². The van der Waals surface area contributed by atoms with Crippen molar-refractivity contribution in [3.63, 3.8) is 0 Å². The molecule has 0 bridgehead atoms. The van der Waals surface area contributed by atoms with Crippen LogP contribution in [0.3, 0.4) is 0 Å². The number of pyridine rings is 1. The lowest BCUT2D eigenvalue weighted by Crippen LogP contribution is -2.39. The molecule has 0 aliphatic carbocycles. The molecule has 2 amide bonds. The van der Waals surface area contributed by atoms with Crippen LogP contribution in [0.15, 0.2) is 71.8 Å². The van der Waals surface area contributed by atoms with Gasteiger partial charge in [-0.15, -0.1) is 11.8 Å². The number of primary amides is 1. The summed E-state index contributed by atoms with van der Waals surface area (Å²) in [4.78, 5) is 32.0. The molecular weight excluding hydrogens is 468 g/mol. The number of benzene rings is 2. The number of carbonyl (C=O) groups is 2. The average molecular weight is 495 g/mol. The zero-order chi connectivity index (χ0) is 23.9. The molecule has 2 aromatic carbocycles. The topological polar surface area (TPSA) is 88.3 Å². The first-order chi connectivity index (χ1) is 16.5. The van der Waals surface area contributed by atoms with Gasteiger partial charge in [0.05, 0.1) is 0 Å². The number of anilines is 1. The van der Waals surface area contributed by atoms with Crippen LogP contribution in [0.4, 0.5) is 5.82 Å². The van der Waals surface area contributed by atoms with E-state index in [9.17, 15) is 9.59 Å². The van der Waals surface area contributed by atoms with Crippen molar-refractivity contribution in [2.24, 2.45) is 11.7 Å². The molecule has 3 aromatic rings. The number of thioether (sulfide) groups is 1. The Morgan fingerprint density at radius 3 is 2.44 bits per heavy atom. The number of nitrogens with zero attached hydrogens (tertiary/aromatic N) is 2. The third-order valence-electron chi connectivity index (χ3n) is 5.94. The van der Waals surface area contributed by atoms with Crippen LogP contribution in [0.25, 0.3) is 0 Å². The van der Waals surface area contributed by atoms with Gasteiger partial charge in [0.25, 0.3) is 5.91 Å². The number of piperidine rings is 1. The summed E-state index contributed by atoms with van der Waals surface area (Å²) in [6.45, 7) is 1.83. The first kappa shape index (κ1) is 24.1. The van der Waals surface area contributed by atoms with E-state index < -0.39 is 0 Å². The first-order valence-corrected chi connectivity index (χ1v) is 12.6. The summed E-state index contributed by atoms with van der Waals surface area (Å²) in [6, 6.07) is 19.3. The highest BCUT2D eigenvalue weighted by Gasteiger charge is 2.25. The molecule has 8 heteroatoms. The zero-order valence-electron chi connectivity index (χ0n) is 18.7. The van der Waals surface area contributed by atoms with E-state index in [4.69, 9.17) is 17.3 Å². The number of amides is 2. The number of carbonyl (C=O) groups excluding carboxylic acids is 2.